The highest BCUT2D eigenvalue weighted by molar-refractivity contribution is 9.10. The van der Waals surface area contributed by atoms with Gasteiger partial charge in [0.1, 0.15) is 5.75 Å². The number of benzene rings is 1. The Hall–Kier alpha value is -0.920. The zero-order valence-electron chi connectivity index (χ0n) is 10.7. The van der Waals surface area contributed by atoms with Crippen molar-refractivity contribution >= 4 is 34.2 Å². The molecule has 0 heterocycles. The number of rotatable bonds is 6. The van der Waals surface area contributed by atoms with E-state index in [0.29, 0.717) is 10.0 Å². The van der Waals surface area contributed by atoms with Crippen LogP contribution < -0.4 is 15.8 Å². The van der Waals surface area contributed by atoms with Crippen LogP contribution in [-0.4, -0.2) is 18.6 Å². The Morgan fingerprint density at radius 3 is 2.70 bits per heavy atom. The molecule has 0 bridgehead atoms. The van der Waals surface area contributed by atoms with E-state index in [4.69, 9.17) is 5.73 Å². The third kappa shape index (κ3) is 7.02. The highest BCUT2D eigenvalue weighted by atomic mass is 79.9. The molecule has 1 atom stereocenters. The number of nitrogens with one attached hydrogen (secondary N) is 1. The number of hydrogen-bond acceptors (Lipinski definition) is 3. The van der Waals surface area contributed by atoms with Gasteiger partial charge in [-0.25, -0.2) is 0 Å². The van der Waals surface area contributed by atoms with Crippen molar-refractivity contribution in [3.63, 3.8) is 0 Å². The van der Waals surface area contributed by atoms with Gasteiger partial charge in [-0.05, 0) is 25.1 Å². The van der Waals surface area contributed by atoms with Gasteiger partial charge in [0.05, 0.1) is 0 Å². The van der Waals surface area contributed by atoms with Crippen LogP contribution in [0.2, 0.25) is 0 Å². The van der Waals surface area contributed by atoms with E-state index in [1.807, 2.05) is 0 Å². The van der Waals surface area contributed by atoms with E-state index in [2.05, 4.69) is 26.0 Å². The van der Waals surface area contributed by atoms with Crippen LogP contribution in [0.3, 0.4) is 0 Å². The minimum absolute atomic E-state index is 0. The standard InChI is InChI=1S/C12H15BrF2N2O2.ClH/c1-7(16)4-11(18)17-6-8-5-9(13)2-3-10(8)19-12(14)15;/h2-3,5,7,12H,4,6,16H2,1H3,(H,17,18);1H. The summed E-state index contributed by atoms with van der Waals surface area (Å²) in [5.41, 5.74) is 5.96. The molecule has 0 spiro atoms. The number of amides is 1. The Labute approximate surface area is 130 Å². The number of carbonyl (C=O) groups excluding carboxylic acids is 1. The molecule has 0 saturated carbocycles. The zero-order valence-corrected chi connectivity index (χ0v) is 13.1. The van der Waals surface area contributed by atoms with Crippen molar-refractivity contribution in [1.29, 1.82) is 0 Å². The van der Waals surface area contributed by atoms with Crippen molar-refractivity contribution in [1.82, 2.24) is 5.32 Å². The number of nitrogens with two attached hydrogens (primary N) is 1. The molecular weight excluding hydrogens is 357 g/mol. The maximum absolute atomic E-state index is 12.2. The first-order valence-electron chi connectivity index (χ1n) is 5.64. The number of halogens is 4. The maximum atomic E-state index is 12.2. The zero-order chi connectivity index (χ0) is 14.4. The van der Waals surface area contributed by atoms with Crippen LogP contribution in [0.4, 0.5) is 8.78 Å². The number of alkyl halides is 2. The molecule has 0 aliphatic carbocycles. The maximum Gasteiger partial charge on any atom is 0.387 e. The van der Waals surface area contributed by atoms with E-state index in [0.717, 1.165) is 0 Å². The van der Waals surface area contributed by atoms with Gasteiger partial charge in [-0.15, -0.1) is 12.4 Å². The van der Waals surface area contributed by atoms with Crippen molar-refractivity contribution in [2.45, 2.75) is 32.5 Å². The molecule has 1 rings (SSSR count). The summed E-state index contributed by atoms with van der Waals surface area (Å²) >= 11 is 3.23. The van der Waals surface area contributed by atoms with Gasteiger partial charge < -0.3 is 15.8 Å². The lowest BCUT2D eigenvalue weighted by Crippen LogP contribution is -2.29. The Balaban J connectivity index is 0.00000361. The molecule has 1 aromatic rings. The molecule has 8 heteroatoms. The Kier molecular flexibility index (Phi) is 8.68. The second-order valence-corrected chi connectivity index (χ2v) is 5.00. The Morgan fingerprint density at radius 2 is 2.15 bits per heavy atom. The minimum atomic E-state index is -2.90. The smallest absolute Gasteiger partial charge is 0.387 e. The van der Waals surface area contributed by atoms with Crippen LogP contribution >= 0.6 is 28.3 Å². The lowest BCUT2D eigenvalue weighted by atomic mass is 10.2. The van der Waals surface area contributed by atoms with Crippen molar-refractivity contribution in [3.05, 3.63) is 28.2 Å². The van der Waals surface area contributed by atoms with Crippen molar-refractivity contribution < 1.29 is 18.3 Å². The van der Waals surface area contributed by atoms with E-state index >= 15 is 0 Å². The summed E-state index contributed by atoms with van der Waals surface area (Å²) in [6.45, 7) is -1.09. The van der Waals surface area contributed by atoms with Crippen LogP contribution in [0, 0.1) is 0 Å². The molecule has 1 unspecified atom stereocenters. The molecule has 4 nitrogen and oxygen atoms in total. The van der Waals surface area contributed by atoms with E-state index in [1.165, 1.54) is 6.07 Å². The van der Waals surface area contributed by atoms with Crippen molar-refractivity contribution in [2.24, 2.45) is 5.73 Å². The lowest BCUT2D eigenvalue weighted by molar-refractivity contribution is -0.121. The number of carbonyl (C=O) groups is 1. The largest absolute Gasteiger partial charge is 0.434 e. The predicted octanol–water partition coefficient (Wildman–Crippen LogP) is 2.83. The first-order valence-corrected chi connectivity index (χ1v) is 6.43. The molecule has 0 fully saturated rings. The van der Waals surface area contributed by atoms with Gasteiger partial charge in [-0.1, -0.05) is 15.9 Å². The molecule has 0 radical (unpaired) electrons. The minimum Gasteiger partial charge on any atom is -0.434 e. The normalized spacial score (nSPS) is 11.7. The first-order chi connectivity index (χ1) is 8.88. The monoisotopic (exact) mass is 372 g/mol. The summed E-state index contributed by atoms with van der Waals surface area (Å²) in [7, 11) is 0. The van der Waals surface area contributed by atoms with E-state index in [9.17, 15) is 13.6 Å². The van der Waals surface area contributed by atoms with Gasteiger partial charge in [0, 0.05) is 29.0 Å². The molecule has 0 saturated heterocycles. The van der Waals surface area contributed by atoms with Gasteiger partial charge in [0.25, 0.3) is 0 Å². The molecule has 0 aliphatic rings. The Morgan fingerprint density at radius 1 is 1.50 bits per heavy atom. The second kappa shape index (κ2) is 9.10. The summed E-state index contributed by atoms with van der Waals surface area (Å²) < 4.78 is 29.6. The van der Waals surface area contributed by atoms with Crippen LogP contribution in [0.5, 0.6) is 5.75 Å². The van der Waals surface area contributed by atoms with Gasteiger partial charge in [-0.3, -0.25) is 4.79 Å². The fourth-order valence-electron chi connectivity index (χ4n) is 1.46. The van der Waals surface area contributed by atoms with Gasteiger partial charge in [-0.2, -0.15) is 8.78 Å². The second-order valence-electron chi connectivity index (χ2n) is 4.09. The molecule has 0 aliphatic heterocycles. The molecule has 3 N–H and O–H groups in total. The average molecular weight is 374 g/mol. The van der Waals surface area contributed by atoms with Crippen LogP contribution in [0.1, 0.15) is 18.9 Å². The first kappa shape index (κ1) is 19.1. The van der Waals surface area contributed by atoms with E-state index < -0.39 is 6.61 Å². The highest BCUT2D eigenvalue weighted by Crippen LogP contribution is 2.24. The van der Waals surface area contributed by atoms with Gasteiger partial charge in [0.15, 0.2) is 0 Å². The van der Waals surface area contributed by atoms with Crippen LogP contribution in [-0.2, 0) is 11.3 Å². The molecular formula is C12H16BrClF2N2O2. The van der Waals surface area contributed by atoms with E-state index in [-0.39, 0.29) is 43.1 Å². The molecule has 0 aromatic heterocycles. The van der Waals surface area contributed by atoms with Crippen LogP contribution in [0.25, 0.3) is 0 Å². The van der Waals surface area contributed by atoms with Crippen molar-refractivity contribution in [2.75, 3.05) is 0 Å². The van der Waals surface area contributed by atoms with Gasteiger partial charge >= 0.3 is 6.61 Å². The fraction of sp³-hybridized carbons (Fsp3) is 0.417. The van der Waals surface area contributed by atoms with Crippen molar-refractivity contribution in [3.8, 4) is 5.75 Å². The summed E-state index contributed by atoms with van der Waals surface area (Å²) in [4.78, 5) is 11.5. The molecule has 1 aromatic carbocycles. The predicted molar refractivity (Wildman–Crippen MR) is 78.1 cm³/mol. The molecule has 1 amide bonds. The van der Waals surface area contributed by atoms with Gasteiger partial charge in [0.2, 0.25) is 5.91 Å². The summed E-state index contributed by atoms with van der Waals surface area (Å²) in [5.74, 6) is -0.197. The topological polar surface area (TPSA) is 64.4 Å². The number of hydrogen-bond donors (Lipinski definition) is 2. The Bertz CT molecular complexity index is 447. The highest BCUT2D eigenvalue weighted by Gasteiger charge is 2.11. The number of ether oxygens (including phenoxy) is 1. The van der Waals surface area contributed by atoms with E-state index in [1.54, 1.807) is 19.1 Å². The fourth-order valence-corrected chi connectivity index (χ4v) is 1.86. The SMILES string of the molecule is CC(N)CC(=O)NCc1cc(Br)ccc1OC(F)F.Cl. The third-order valence-corrected chi connectivity index (χ3v) is 2.72. The summed E-state index contributed by atoms with van der Waals surface area (Å²) in [6, 6.07) is 4.37. The summed E-state index contributed by atoms with van der Waals surface area (Å²) in [6.07, 6.45) is 0.180. The molecule has 114 valence electrons. The molecule has 20 heavy (non-hydrogen) atoms. The average Bonchev–Trinajstić information content (AvgIpc) is 2.28. The van der Waals surface area contributed by atoms with Crippen LogP contribution in [0.15, 0.2) is 22.7 Å². The quantitative estimate of drug-likeness (QED) is 0.806. The summed E-state index contributed by atoms with van der Waals surface area (Å²) in [5, 5.41) is 2.61. The lowest BCUT2D eigenvalue weighted by Gasteiger charge is -2.12. The third-order valence-electron chi connectivity index (χ3n) is 2.22.